The van der Waals surface area contributed by atoms with Gasteiger partial charge < -0.3 is 20.9 Å². The molecule has 144 valence electrons. The van der Waals surface area contributed by atoms with Gasteiger partial charge in [-0.1, -0.05) is 11.6 Å². The molecule has 3 rings (SSSR count). The van der Waals surface area contributed by atoms with Crippen molar-refractivity contribution < 1.29 is 14.6 Å². The van der Waals surface area contributed by atoms with E-state index in [9.17, 15) is 4.79 Å². The first-order valence-corrected chi connectivity index (χ1v) is 8.18. The molecular weight excluding hydrogens is 388 g/mol. The summed E-state index contributed by atoms with van der Waals surface area (Å²) in [7, 11) is 1.51. The highest BCUT2D eigenvalue weighted by Gasteiger charge is 2.15. The fourth-order valence-corrected chi connectivity index (χ4v) is 2.46. The topological polar surface area (TPSA) is 161 Å². The van der Waals surface area contributed by atoms with Gasteiger partial charge in [0.25, 0.3) is 0 Å². The van der Waals surface area contributed by atoms with Crippen molar-refractivity contribution in [1.82, 2.24) is 24.9 Å². The second-order valence-corrected chi connectivity index (χ2v) is 5.81. The zero-order valence-electron chi connectivity index (χ0n) is 14.8. The Bertz CT molecular complexity index is 1030. The van der Waals surface area contributed by atoms with Gasteiger partial charge >= 0.3 is 6.09 Å². The minimum Gasteiger partial charge on any atom is -0.495 e. The van der Waals surface area contributed by atoms with Crippen LogP contribution in [-0.2, 0) is 0 Å². The SMILES string of the molecule is COc1cnc(Nc2cnc(Cl)c(NC(=O)O)c2)c(-c2nc(C)nc(N)n2)c1. The number of carbonyl (C=O) groups is 1. The maximum Gasteiger partial charge on any atom is 0.409 e. The first-order valence-electron chi connectivity index (χ1n) is 7.81. The van der Waals surface area contributed by atoms with Crippen LogP contribution in [0.1, 0.15) is 5.82 Å². The molecule has 0 unspecified atom stereocenters. The van der Waals surface area contributed by atoms with Crippen LogP contribution in [-0.4, -0.2) is 43.2 Å². The highest BCUT2D eigenvalue weighted by atomic mass is 35.5. The molecule has 12 heteroatoms. The van der Waals surface area contributed by atoms with E-state index in [4.69, 9.17) is 27.2 Å². The van der Waals surface area contributed by atoms with Gasteiger partial charge in [-0.3, -0.25) is 5.32 Å². The van der Waals surface area contributed by atoms with E-state index in [0.717, 1.165) is 0 Å². The van der Waals surface area contributed by atoms with Gasteiger partial charge in [0.1, 0.15) is 17.4 Å². The Hall–Kier alpha value is -3.73. The number of nitrogens with one attached hydrogen (secondary N) is 2. The van der Waals surface area contributed by atoms with Crippen molar-refractivity contribution in [2.45, 2.75) is 6.92 Å². The van der Waals surface area contributed by atoms with Crippen LogP contribution in [0.15, 0.2) is 24.5 Å². The highest BCUT2D eigenvalue weighted by Crippen LogP contribution is 2.31. The van der Waals surface area contributed by atoms with Crippen LogP contribution >= 0.6 is 11.6 Å². The predicted molar refractivity (Wildman–Crippen MR) is 103 cm³/mol. The van der Waals surface area contributed by atoms with E-state index in [0.29, 0.717) is 34.5 Å². The molecule has 11 nitrogen and oxygen atoms in total. The van der Waals surface area contributed by atoms with E-state index in [1.807, 2.05) is 0 Å². The van der Waals surface area contributed by atoms with Crippen molar-refractivity contribution in [2.24, 2.45) is 0 Å². The molecule has 28 heavy (non-hydrogen) atoms. The van der Waals surface area contributed by atoms with Crippen molar-refractivity contribution in [3.05, 3.63) is 35.5 Å². The van der Waals surface area contributed by atoms with Crippen LogP contribution in [0.5, 0.6) is 5.75 Å². The largest absolute Gasteiger partial charge is 0.495 e. The molecule has 3 heterocycles. The number of amides is 1. The van der Waals surface area contributed by atoms with Crippen LogP contribution in [0.3, 0.4) is 0 Å². The molecule has 0 radical (unpaired) electrons. The number of aromatic nitrogens is 5. The molecule has 0 bridgehead atoms. The van der Waals surface area contributed by atoms with Gasteiger partial charge in [0, 0.05) is 0 Å². The normalized spacial score (nSPS) is 10.4. The first-order chi connectivity index (χ1) is 13.4. The molecule has 0 saturated carbocycles. The van der Waals surface area contributed by atoms with Crippen molar-refractivity contribution in [3.8, 4) is 17.1 Å². The Kier molecular flexibility index (Phi) is 5.36. The Morgan fingerprint density at radius 3 is 2.68 bits per heavy atom. The lowest BCUT2D eigenvalue weighted by molar-refractivity contribution is 0.209. The third-order valence-corrected chi connectivity index (χ3v) is 3.75. The van der Waals surface area contributed by atoms with Crippen molar-refractivity contribution >= 4 is 40.8 Å². The summed E-state index contributed by atoms with van der Waals surface area (Å²) in [5.41, 5.74) is 6.79. The third kappa shape index (κ3) is 4.32. The fraction of sp³-hybridized carbons (Fsp3) is 0.125. The Morgan fingerprint density at radius 1 is 1.21 bits per heavy atom. The number of ether oxygens (including phenoxy) is 1. The smallest absolute Gasteiger partial charge is 0.409 e. The zero-order valence-corrected chi connectivity index (χ0v) is 15.5. The average molecular weight is 403 g/mol. The second-order valence-electron chi connectivity index (χ2n) is 5.45. The molecular formula is C16H15ClN8O3. The number of aryl methyl sites for hydroxylation is 1. The van der Waals surface area contributed by atoms with Crippen LogP contribution in [0.4, 0.5) is 27.9 Å². The summed E-state index contributed by atoms with van der Waals surface area (Å²) in [5, 5.41) is 14.1. The van der Waals surface area contributed by atoms with Crippen LogP contribution in [0.25, 0.3) is 11.4 Å². The maximum atomic E-state index is 10.9. The molecule has 0 aliphatic heterocycles. The molecule has 0 fully saturated rings. The number of carboxylic acid groups (broad SMARTS) is 1. The Labute approximate surface area is 164 Å². The van der Waals surface area contributed by atoms with Gasteiger partial charge in [-0.25, -0.2) is 19.7 Å². The molecule has 1 amide bonds. The van der Waals surface area contributed by atoms with Gasteiger partial charge in [-0.2, -0.15) is 9.97 Å². The number of methoxy groups -OCH3 is 1. The summed E-state index contributed by atoms with van der Waals surface area (Å²) in [6, 6.07) is 3.16. The Balaban J connectivity index is 2.04. The van der Waals surface area contributed by atoms with E-state index in [-0.39, 0.29) is 16.8 Å². The summed E-state index contributed by atoms with van der Waals surface area (Å²) in [4.78, 5) is 31.6. The summed E-state index contributed by atoms with van der Waals surface area (Å²) >= 11 is 5.91. The number of pyridine rings is 2. The average Bonchev–Trinajstić information content (AvgIpc) is 2.63. The third-order valence-electron chi connectivity index (χ3n) is 3.45. The van der Waals surface area contributed by atoms with E-state index >= 15 is 0 Å². The van der Waals surface area contributed by atoms with Gasteiger partial charge in [0.15, 0.2) is 11.0 Å². The number of anilines is 4. The van der Waals surface area contributed by atoms with E-state index < -0.39 is 6.09 Å². The van der Waals surface area contributed by atoms with E-state index in [1.165, 1.54) is 25.6 Å². The summed E-state index contributed by atoms with van der Waals surface area (Å²) in [6.45, 7) is 1.69. The monoisotopic (exact) mass is 402 g/mol. The summed E-state index contributed by atoms with van der Waals surface area (Å²) in [6.07, 6.45) is 1.67. The molecule has 0 aliphatic rings. The minimum atomic E-state index is -1.26. The van der Waals surface area contributed by atoms with Gasteiger partial charge in [-0.05, 0) is 19.1 Å². The zero-order chi connectivity index (χ0) is 20.3. The van der Waals surface area contributed by atoms with Gasteiger partial charge in [-0.15, -0.1) is 0 Å². The molecule has 0 saturated heterocycles. The van der Waals surface area contributed by atoms with Crippen LogP contribution in [0, 0.1) is 6.92 Å². The molecule has 0 spiro atoms. The molecule has 0 aliphatic carbocycles. The lowest BCUT2D eigenvalue weighted by Gasteiger charge is -2.13. The standard InChI is InChI=1S/C16H15ClN8O3/c1-7-21-14(25-15(18)22-7)10-4-9(28-2)6-20-13(10)23-8-3-11(24-16(26)27)12(17)19-5-8/h3-6,24H,1-2H3,(H,20,23)(H,26,27)(H2,18,21,22,25). The van der Waals surface area contributed by atoms with E-state index in [1.54, 1.807) is 13.0 Å². The Morgan fingerprint density at radius 2 is 2.00 bits per heavy atom. The van der Waals surface area contributed by atoms with Gasteiger partial charge in [0.2, 0.25) is 5.95 Å². The minimum absolute atomic E-state index is 0.0109. The number of rotatable bonds is 5. The number of halogens is 1. The molecule has 5 N–H and O–H groups in total. The highest BCUT2D eigenvalue weighted by molar-refractivity contribution is 6.32. The fourth-order valence-electron chi connectivity index (χ4n) is 2.31. The van der Waals surface area contributed by atoms with Crippen molar-refractivity contribution in [1.29, 1.82) is 0 Å². The lowest BCUT2D eigenvalue weighted by atomic mass is 10.2. The number of nitrogen functional groups attached to an aromatic ring is 1. The second kappa shape index (κ2) is 7.88. The molecule has 0 atom stereocenters. The molecule has 3 aromatic heterocycles. The van der Waals surface area contributed by atoms with Crippen LogP contribution in [0.2, 0.25) is 5.15 Å². The number of hydrogen-bond donors (Lipinski definition) is 4. The molecule has 0 aromatic carbocycles. The van der Waals surface area contributed by atoms with Gasteiger partial charge in [0.05, 0.1) is 36.4 Å². The number of hydrogen-bond acceptors (Lipinski definition) is 9. The summed E-state index contributed by atoms with van der Waals surface area (Å²) in [5.74, 6) is 1.66. The van der Waals surface area contributed by atoms with E-state index in [2.05, 4.69) is 35.6 Å². The predicted octanol–water partition coefficient (Wildman–Crippen LogP) is 2.71. The van der Waals surface area contributed by atoms with Crippen LogP contribution < -0.4 is 21.1 Å². The number of nitrogens with two attached hydrogens (primary N) is 1. The van der Waals surface area contributed by atoms with Crippen molar-refractivity contribution in [2.75, 3.05) is 23.5 Å². The first kappa shape index (κ1) is 19.0. The van der Waals surface area contributed by atoms with Crippen molar-refractivity contribution in [3.63, 3.8) is 0 Å². The lowest BCUT2D eigenvalue weighted by Crippen LogP contribution is -2.09. The summed E-state index contributed by atoms with van der Waals surface area (Å²) < 4.78 is 5.22. The number of nitrogens with zero attached hydrogens (tertiary/aromatic N) is 5. The maximum absolute atomic E-state index is 10.9. The quantitative estimate of drug-likeness (QED) is 0.467. The molecule has 3 aromatic rings.